The summed E-state index contributed by atoms with van der Waals surface area (Å²) in [6.45, 7) is 5.50. The topological polar surface area (TPSA) is 91.3 Å². The van der Waals surface area contributed by atoms with Crippen LogP contribution in [0.4, 0.5) is 0 Å². The molecule has 0 aliphatic carbocycles. The number of hydrogen-bond acceptors (Lipinski definition) is 6. The number of quaternary nitrogens is 1. The molecule has 8 nitrogen and oxygen atoms in total. The number of likely N-dealkylation sites (N-methyl/N-ethyl adjacent to an activating group) is 1. The first-order valence-electron chi connectivity index (χ1n) is 20.7. The Morgan fingerprint density at radius 2 is 1.14 bits per heavy atom. The van der Waals surface area contributed by atoms with E-state index in [1.54, 1.807) is 0 Å². The third kappa shape index (κ3) is 39.8. The van der Waals surface area contributed by atoms with E-state index in [1.165, 1.54) is 77.0 Å². The Kier molecular flexibility index (Phi) is 34.8. The van der Waals surface area contributed by atoms with Gasteiger partial charge in [-0.05, 0) is 44.9 Å². The second-order valence-electron chi connectivity index (χ2n) is 15.0. The fourth-order valence-electron chi connectivity index (χ4n) is 5.51. The molecule has 0 aromatic carbocycles. The number of rotatable bonds is 38. The van der Waals surface area contributed by atoms with Gasteiger partial charge in [0.05, 0.1) is 34.4 Å². The van der Waals surface area contributed by atoms with Crippen LogP contribution in [0.25, 0.3) is 0 Å². The number of unbranched alkanes of at least 4 members (excludes halogenated alkanes) is 18. The Morgan fingerprint density at radius 1 is 0.627 bits per heavy atom. The van der Waals surface area contributed by atoms with E-state index in [2.05, 4.69) is 50.3 Å². The lowest BCUT2D eigenvalue weighted by atomic mass is 10.0. The molecule has 0 aliphatic rings. The Balaban J connectivity index is 4.29. The second-order valence-corrected chi connectivity index (χ2v) is 16.4. The van der Waals surface area contributed by atoms with Crippen molar-refractivity contribution < 1.29 is 37.3 Å². The number of phosphoric ester groups is 1. The van der Waals surface area contributed by atoms with E-state index in [4.69, 9.17) is 18.5 Å². The van der Waals surface area contributed by atoms with Crippen molar-refractivity contribution in [3.63, 3.8) is 0 Å². The van der Waals surface area contributed by atoms with Gasteiger partial charge in [0.2, 0.25) is 0 Å². The highest BCUT2D eigenvalue weighted by Gasteiger charge is 2.26. The summed E-state index contributed by atoms with van der Waals surface area (Å²) in [4.78, 5) is 22.8. The Bertz CT molecular complexity index is 915. The standard InChI is InChI=1S/C42H80NO7P/c1-6-8-10-12-14-16-18-20-22-23-25-27-29-31-33-35-42(44)50-41(40-49-51(45,46)48-38-36-43(3,4)5)39-47-37-34-32-30-28-26-24-21-19-17-15-13-11-9-7-2/h8,10,14,16,20,22,41H,6-7,9,11-13,15,17-19,21,23-40H2,1-5H3/p+1/b10-8-,16-14-,22-20-. The minimum atomic E-state index is -4.27. The van der Waals surface area contributed by atoms with Gasteiger partial charge >= 0.3 is 13.8 Å². The monoisotopic (exact) mass is 743 g/mol. The highest BCUT2D eigenvalue weighted by molar-refractivity contribution is 7.47. The molecule has 0 radical (unpaired) electrons. The van der Waals surface area contributed by atoms with Crippen molar-refractivity contribution in [2.45, 2.75) is 174 Å². The molecule has 0 spiro atoms. The zero-order chi connectivity index (χ0) is 37.7. The molecule has 0 bridgehead atoms. The van der Waals surface area contributed by atoms with Gasteiger partial charge in [0.15, 0.2) is 0 Å². The SMILES string of the molecule is CC/C=C\C/C=C\C/C=C\CCCCCCCC(=O)OC(COCCCCCCCCCCCCCCCC)COP(=O)(O)OCC[N+](C)(C)C. The maximum absolute atomic E-state index is 12.6. The molecule has 2 atom stereocenters. The van der Waals surface area contributed by atoms with Gasteiger partial charge in [-0.3, -0.25) is 13.8 Å². The highest BCUT2D eigenvalue weighted by atomic mass is 31.2. The van der Waals surface area contributed by atoms with Gasteiger partial charge in [-0.15, -0.1) is 0 Å². The predicted octanol–water partition coefficient (Wildman–Crippen LogP) is 11.8. The molecule has 51 heavy (non-hydrogen) atoms. The third-order valence-corrected chi connectivity index (χ3v) is 9.70. The van der Waals surface area contributed by atoms with E-state index in [9.17, 15) is 14.3 Å². The molecular weight excluding hydrogens is 661 g/mol. The average molecular weight is 743 g/mol. The minimum Gasteiger partial charge on any atom is -0.457 e. The van der Waals surface area contributed by atoms with Crippen LogP contribution in [0.2, 0.25) is 0 Å². The number of allylic oxidation sites excluding steroid dienone is 6. The van der Waals surface area contributed by atoms with Crippen molar-refractivity contribution in [2.24, 2.45) is 0 Å². The smallest absolute Gasteiger partial charge is 0.457 e. The number of hydrogen-bond donors (Lipinski definition) is 1. The van der Waals surface area contributed by atoms with Gasteiger partial charge in [0.25, 0.3) is 0 Å². The maximum Gasteiger partial charge on any atom is 0.472 e. The molecular formula is C42H81NO7P+. The number of phosphoric acid groups is 1. The minimum absolute atomic E-state index is 0.0855. The van der Waals surface area contributed by atoms with Crippen molar-refractivity contribution in [1.82, 2.24) is 0 Å². The molecule has 0 aliphatic heterocycles. The third-order valence-electron chi connectivity index (χ3n) is 8.72. The van der Waals surface area contributed by atoms with Crippen LogP contribution >= 0.6 is 7.82 Å². The summed E-state index contributed by atoms with van der Waals surface area (Å²) in [6.07, 6.45) is 40.2. The first-order valence-corrected chi connectivity index (χ1v) is 22.2. The summed E-state index contributed by atoms with van der Waals surface area (Å²) < 4.78 is 34.9. The lowest BCUT2D eigenvalue weighted by molar-refractivity contribution is -0.870. The van der Waals surface area contributed by atoms with E-state index in [-0.39, 0.29) is 25.8 Å². The summed E-state index contributed by atoms with van der Waals surface area (Å²) in [5.74, 6) is -0.330. The van der Waals surface area contributed by atoms with Gasteiger partial charge in [-0.2, -0.15) is 0 Å². The van der Waals surface area contributed by atoms with Crippen LogP contribution in [0.15, 0.2) is 36.5 Å². The Labute approximate surface area is 315 Å². The molecule has 0 rings (SSSR count). The quantitative estimate of drug-likeness (QED) is 0.0221. The Hall–Kier alpha value is -1.28. The van der Waals surface area contributed by atoms with Gasteiger partial charge < -0.3 is 18.9 Å². The van der Waals surface area contributed by atoms with Crippen LogP contribution in [0.1, 0.15) is 168 Å². The van der Waals surface area contributed by atoms with E-state index < -0.39 is 13.9 Å². The Morgan fingerprint density at radius 3 is 1.71 bits per heavy atom. The van der Waals surface area contributed by atoms with E-state index in [0.29, 0.717) is 24.1 Å². The number of nitrogens with zero attached hydrogens (tertiary/aromatic N) is 1. The zero-order valence-electron chi connectivity index (χ0n) is 33.8. The summed E-state index contributed by atoms with van der Waals surface area (Å²) in [5, 5.41) is 0. The van der Waals surface area contributed by atoms with E-state index in [1.807, 2.05) is 21.1 Å². The van der Waals surface area contributed by atoms with Crippen LogP contribution in [0, 0.1) is 0 Å². The number of carbonyl (C=O) groups is 1. The summed E-state index contributed by atoms with van der Waals surface area (Å²) in [6, 6.07) is 0. The van der Waals surface area contributed by atoms with Gasteiger partial charge in [-0.1, -0.05) is 153 Å². The van der Waals surface area contributed by atoms with E-state index >= 15 is 0 Å². The molecule has 0 heterocycles. The van der Waals surface area contributed by atoms with Gasteiger partial charge in [-0.25, -0.2) is 4.57 Å². The molecule has 2 unspecified atom stereocenters. The van der Waals surface area contributed by atoms with Crippen molar-refractivity contribution in [3.8, 4) is 0 Å². The van der Waals surface area contributed by atoms with Crippen molar-refractivity contribution in [2.75, 3.05) is 54.1 Å². The van der Waals surface area contributed by atoms with Crippen LogP contribution in [-0.4, -0.2) is 75.6 Å². The largest absolute Gasteiger partial charge is 0.472 e. The average Bonchev–Trinajstić information content (AvgIpc) is 3.08. The fraction of sp³-hybridized carbons (Fsp3) is 0.833. The van der Waals surface area contributed by atoms with Gasteiger partial charge in [0.1, 0.15) is 19.3 Å². The summed E-state index contributed by atoms with van der Waals surface area (Å²) in [7, 11) is 1.66. The van der Waals surface area contributed by atoms with Gasteiger partial charge in [0, 0.05) is 13.0 Å². The molecule has 0 aromatic rings. The molecule has 1 N–H and O–H groups in total. The first-order chi connectivity index (χ1) is 24.6. The van der Waals surface area contributed by atoms with Crippen LogP contribution in [-0.2, 0) is 27.9 Å². The molecule has 9 heteroatoms. The molecule has 300 valence electrons. The van der Waals surface area contributed by atoms with Crippen molar-refractivity contribution in [1.29, 1.82) is 0 Å². The maximum atomic E-state index is 12.6. The summed E-state index contributed by atoms with van der Waals surface area (Å²) in [5.41, 5.74) is 0. The molecule has 0 saturated heterocycles. The zero-order valence-corrected chi connectivity index (χ0v) is 34.7. The second kappa shape index (κ2) is 35.7. The summed E-state index contributed by atoms with van der Waals surface area (Å²) >= 11 is 0. The molecule has 0 saturated carbocycles. The first kappa shape index (κ1) is 49.7. The number of carbonyl (C=O) groups excluding carboxylic acids is 1. The van der Waals surface area contributed by atoms with Crippen LogP contribution < -0.4 is 0 Å². The van der Waals surface area contributed by atoms with E-state index in [0.717, 1.165) is 70.6 Å². The fourth-order valence-corrected chi connectivity index (χ4v) is 6.25. The molecule has 0 fully saturated rings. The predicted molar refractivity (Wildman–Crippen MR) is 215 cm³/mol. The number of ether oxygens (including phenoxy) is 2. The lowest BCUT2D eigenvalue weighted by Crippen LogP contribution is -2.37. The number of esters is 1. The normalized spacial score (nSPS) is 14.2. The highest BCUT2D eigenvalue weighted by Crippen LogP contribution is 2.43. The lowest BCUT2D eigenvalue weighted by Gasteiger charge is -2.24. The van der Waals surface area contributed by atoms with Crippen LogP contribution in [0.5, 0.6) is 0 Å². The van der Waals surface area contributed by atoms with Crippen LogP contribution in [0.3, 0.4) is 0 Å². The van der Waals surface area contributed by atoms with Crippen molar-refractivity contribution >= 4 is 13.8 Å². The molecule has 0 amide bonds. The van der Waals surface area contributed by atoms with Crippen molar-refractivity contribution in [3.05, 3.63) is 36.5 Å². The molecule has 0 aromatic heterocycles.